The molecule has 0 spiro atoms. The van der Waals surface area contributed by atoms with E-state index in [0.29, 0.717) is 6.04 Å². The Kier molecular flexibility index (Phi) is 4.19. The highest BCUT2D eigenvalue weighted by atomic mass is 28.1. The fraction of sp³-hybridized carbons (Fsp3) is 0.250. The van der Waals surface area contributed by atoms with Crippen molar-refractivity contribution in [2.75, 3.05) is 18.5 Å². The molecule has 1 aliphatic rings. The maximum atomic E-state index is 12.5. The molecule has 125 valence electrons. The molecule has 25 heavy (non-hydrogen) atoms. The Morgan fingerprint density at radius 3 is 2.72 bits per heavy atom. The molecule has 0 bridgehead atoms. The molecule has 1 aliphatic heterocycles. The highest BCUT2D eigenvalue weighted by molar-refractivity contribution is 6.33. The third-order valence-electron chi connectivity index (χ3n) is 4.69. The third kappa shape index (κ3) is 3.01. The monoisotopic (exact) mass is 347 g/mol. The van der Waals surface area contributed by atoms with Gasteiger partial charge in [-0.05, 0) is 23.9 Å². The van der Waals surface area contributed by atoms with Gasteiger partial charge in [0.15, 0.2) is 0 Å². The number of hydrogen-bond donors (Lipinski definition) is 1. The van der Waals surface area contributed by atoms with Crippen molar-refractivity contribution < 1.29 is 4.74 Å². The second-order valence-electron chi connectivity index (χ2n) is 6.47. The molecule has 2 heterocycles. The van der Waals surface area contributed by atoms with E-state index in [0.717, 1.165) is 52.4 Å². The Hall–Kier alpha value is -2.37. The summed E-state index contributed by atoms with van der Waals surface area (Å²) in [6.07, 6.45) is 2.92. The minimum Gasteiger partial charge on any atom is -0.379 e. The number of nitrogens with zero attached hydrogens (tertiary/aromatic N) is 1. The first-order valence-electron chi connectivity index (χ1n) is 8.42. The molecule has 0 amide bonds. The molecule has 4 rings (SSSR count). The van der Waals surface area contributed by atoms with E-state index in [1.165, 1.54) is 0 Å². The van der Waals surface area contributed by atoms with Gasteiger partial charge in [-0.1, -0.05) is 35.5 Å². The van der Waals surface area contributed by atoms with Crippen LogP contribution in [0.1, 0.15) is 6.42 Å². The Labute approximate surface area is 149 Å². The number of fused-ring (bicyclic) bond motifs is 1. The number of ether oxygens (including phenoxy) is 1. The normalized spacial score (nSPS) is 17.1. The quantitative estimate of drug-likeness (QED) is 0.739. The van der Waals surface area contributed by atoms with Gasteiger partial charge in [0, 0.05) is 42.1 Å². The van der Waals surface area contributed by atoms with Crippen LogP contribution in [-0.2, 0) is 11.8 Å². The van der Waals surface area contributed by atoms with Gasteiger partial charge in [0.2, 0.25) is 0 Å². The summed E-state index contributed by atoms with van der Waals surface area (Å²) in [6, 6.07) is 14.3. The maximum Gasteiger partial charge on any atom is 0.258 e. The molecule has 4 nitrogen and oxygen atoms in total. The standard InChI is InChI=1S/C20H19N2O2Si/c1-22-11-18(15-4-2-3-5-16(15)20(22)23)17-10-14(25)6-7-19(17)21-13-8-9-24-12-13/h2-7,10-11,13,21H,8-9,12H2,1H3. The maximum absolute atomic E-state index is 12.5. The zero-order chi connectivity index (χ0) is 17.4. The van der Waals surface area contributed by atoms with Crippen molar-refractivity contribution in [1.29, 1.82) is 0 Å². The predicted octanol–water partition coefficient (Wildman–Crippen LogP) is 2.20. The highest BCUT2D eigenvalue weighted by Gasteiger charge is 2.18. The summed E-state index contributed by atoms with van der Waals surface area (Å²) < 4.78 is 7.14. The van der Waals surface area contributed by atoms with Gasteiger partial charge in [0.1, 0.15) is 0 Å². The Bertz CT molecular complexity index is 991. The second kappa shape index (κ2) is 6.50. The fourth-order valence-electron chi connectivity index (χ4n) is 3.39. The van der Waals surface area contributed by atoms with E-state index in [4.69, 9.17) is 4.74 Å². The smallest absolute Gasteiger partial charge is 0.258 e. The molecular weight excluding hydrogens is 328 g/mol. The summed E-state index contributed by atoms with van der Waals surface area (Å²) in [6.45, 7) is 1.52. The first-order chi connectivity index (χ1) is 12.1. The van der Waals surface area contributed by atoms with Crippen LogP contribution in [0.2, 0.25) is 0 Å². The zero-order valence-corrected chi connectivity index (χ0v) is 15.1. The van der Waals surface area contributed by atoms with E-state index in [-0.39, 0.29) is 5.56 Å². The van der Waals surface area contributed by atoms with Crippen molar-refractivity contribution in [2.24, 2.45) is 7.05 Å². The molecular formula is C20H19N2O2Si. The molecule has 3 aromatic rings. The van der Waals surface area contributed by atoms with Crippen LogP contribution in [0.4, 0.5) is 5.69 Å². The van der Waals surface area contributed by atoms with Crippen molar-refractivity contribution in [2.45, 2.75) is 12.5 Å². The number of nitrogens with one attached hydrogen (secondary N) is 1. The number of hydrogen-bond acceptors (Lipinski definition) is 3. The van der Waals surface area contributed by atoms with E-state index < -0.39 is 0 Å². The van der Waals surface area contributed by atoms with Gasteiger partial charge in [-0.15, -0.1) is 0 Å². The van der Waals surface area contributed by atoms with Gasteiger partial charge in [-0.25, -0.2) is 0 Å². The van der Waals surface area contributed by atoms with Crippen LogP contribution in [0.5, 0.6) is 0 Å². The summed E-state index contributed by atoms with van der Waals surface area (Å²) in [5, 5.41) is 6.30. The van der Waals surface area contributed by atoms with Crippen LogP contribution in [-0.4, -0.2) is 34.1 Å². The minimum atomic E-state index is 0.0209. The van der Waals surface area contributed by atoms with Gasteiger partial charge in [0.05, 0.1) is 22.9 Å². The number of aryl methyl sites for hydroxylation is 1. The summed E-state index contributed by atoms with van der Waals surface area (Å²) in [7, 11) is 5.44. The lowest BCUT2D eigenvalue weighted by Crippen LogP contribution is -2.21. The largest absolute Gasteiger partial charge is 0.379 e. The Balaban J connectivity index is 1.92. The molecule has 5 heteroatoms. The van der Waals surface area contributed by atoms with E-state index >= 15 is 0 Å². The summed E-state index contributed by atoms with van der Waals surface area (Å²) in [5.41, 5.74) is 3.19. The molecule has 1 N–H and O–H groups in total. The molecule has 0 saturated carbocycles. The number of pyridine rings is 1. The molecule has 2 aromatic carbocycles. The molecule has 1 saturated heterocycles. The van der Waals surface area contributed by atoms with Crippen molar-refractivity contribution in [1.82, 2.24) is 4.57 Å². The van der Waals surface area contributed by atoms with Crippen LogP contribution < -0.4 is 16.1 Å². The van der Waals surface area contributed by atoms with Crippen LogP contribution in [0, 0.1) is 0 Å². The van der Waals surface area contributed by atoms with Gasteiger partial charge in [-0.3, -0.25) is 4.79 Å². The second-order valence-corrected chi connectivity index (χ2v) is 7.05. The van der Waals surface area contributed by atoms with E-state index in [2.05, 4.69) is 27.7 Å². The number of rotatable bonds is 3. The molecule has 1 aromatic heterocycles. The number of aromatic nitrogens is 1. The van der Waals surface area contributed by atoms with Crippen LogP contribution in [0.3, 0.4) is 0 Å². The van der Waals surface area contributed by atoms with E-state index in [1.54, 1.807) is 11.6 Å². The average Bonchev–Trinajstić information content (AvgIpc) is 3.13. The molecule has 1 unspecified atom stereocenters. The lowest BCUT2D eigenvalue weighted by atomic mass is 9.98. The van der Waals surface area contributed by atoms with Crippen molar-refractivity contribution >= 4 is 31.9 Å². The first kappa shape index (κ1) is 16.1. The molecule has 3 radical (unpaired) electrons. The van der Waals surface area contributed by atoms with Crippen LogP contribution >= 0.6 is 0 Å². The molecule has 1 fully saturated rings. The first-order valence-corrected chi connectivity index (χ1v) is 8.92. The minimum absolute atomic E-state index is 0.0209. The number of benzene rings is 2. The van der Waals surface area contributed by atoms with Gasteiger partial charge >= 0.3 is 0 Å². The topological polar surface area (TPSA) is 43.3 Å². The van der Waals surface area contributed by atoms with Gasteiger partial charge in [-0.2, -0.15) is 0 Å². The van der Waals surface area contributed by atoms with Crippen LogP contribution in [0.15, 0.2) is 53.5 Å². The fourth-order valence-corrected chi connectivity index (χ4v) is 3.62. The average molecular weight is 347 g/mol. The van der Waals surface area contributed by atoms with E-state index in [1.807, 2.05) is 36.5 Å². The summed E-state index contributed by atoms with van der Waals surface area (Å²) in [4.78, 5) is 12.5. The highest BCUT2D eigenvalue weighted by Crippen LogP contribution is 2.32. The molecule has 1 atom stereocenters. The number of anilines is 1. The lowest BCUT2D eigenvalue weighted by molar-refractivity contribution is 0.195. The van der Waals surface area contributed by atoms with Crippen molar-refractivity contribution in [3.8, 4) is 11.1 Å². The lowest BCUT2D eigenvalue weighted by Gasteiger charge is -2.19. The third-order valence-corrected chi connectivity index (χ3v) is 5.00. The van der Waals surface area contributed by atoms with Crippen molar-refractivity contribution in [3.05, 3.63) is 59.0 Å². The predicted molar refractivity (Wildman–Crippen MR) is 103 cm³/mol. The van der Waals surface area contributed by atoms with Crippen LogP contribution in [0.25, 0.3) is 21.9 Å². The Morgan fingerprint density at radius 2 is 1.96 bits per heavy atom. The SMILES string of the molecule is Cn1cc(-c2cc([Si])ccc2NC2CCOC2)c2ccccc2c1=O. The summed E-state index contributed by atoms with van der Waals surface area (Å²) in [5.74, 6) is 0. The van der Waals surface area contributed by atoms with Gasteiger partial charge < -0.3 is 14.6 Å². The summed E-state index contributed by atoms with van der Waals surface area (Å²) >= 11 is 0. The molecule has 0 aliphatic carbocycles. The van der Waals surface area contributed by atoms with E-state index in [9.17, 15) is 4.79 Å². The van der Waals surface area contributed by atoms with Gasteiger partial charge in [0.25, 0.3) is 5.56 Å². The Morgan fingerprint density at radius 1 is 1.16 bits per heavy atom. The zero-order valence-electron chi connectivity index (χ0n) is 14.1. The van der Waals surface area contributed by atoms with Crippen molar-refractivity contribution in [3.63, 3.8) is 0 Å².